The summed E-state index contributed by atoms with van der Waals surface area (Å²) < 4.78 is 9.73. The van der Waals surface area contributed by atoms with Crippen molar-refractivity contribution in [1.29, 1.82) is 0 Å². The Morgan fingerprint density at radius 3 is 1.29 bits per heavy atom. The van der Waals surface area contributed by atoms with Gasteiger partial charge < -0.3 is 14.4 Å². The van der Waals surface area contributed by atoms with Crippen molar-refractivity contribution in [3.8, 4) is 0 Å². The minimum atomic E-state index is -0.512. The molecule has 0 unspecified atom stereocenters. The number of ketones is 4. The molecule has 0 heterocycles. The number of Topliss-reactive ketones (excluding diaryl/α,β-unsaturated/α-hetero) is 4. The Hall–Kier alpha value is -1.90. The lowest BCUT2D eigenvalue weighted by atomic mass is 9.51. The standard InChI is InChI=1S/C21H33NO2.C18H28O2.C5H13NO2/c1-21(2,3)20(24)18(12-22(4)5)19(23)11-17-15-7-13-6-14(9-15)10-16(17)8-13;1-18(2,3)17(20)10-15(19)9-16-13-5-11-4-12(7-13)8-14(16)6-11;1-6(2)5(7-3)8-4/h12-17H,6-11H2,1-5H3;11-14,16H,4-10H2,1-3H3;5H,1-4H3/b18-12+;;. The molecule has 0 N–H and O–H groups in total. The third-order valence-corrected chi connectivity index (χ3v) is 13.4. The van der Waals surface area contributed by atoms with Gasteiger partial charge in [-0.25, -0.2) is 0 Å². The molecule has 8 bridgehead atoms. The van der Waals surface area contributed by atoms with Crippen molar-refractivity contribution in [2.75, 3.05) is 42.4 Å². The average Bonchev–Trinajstić information content (AvgIpc) is 3.02. The van der Waals surface area contributed by atoms with E-state index in [1.165, 1.54) is 64.2 Å². The second-order valence-electron chi connectivity index (χ2n) is 20.2. The monoisotopic (exact) mass is 727 g/mol. The van der Waals surface area contributed by atoms with E-state index in [0.29, 0.717) is 30.3 Å². The number of allylic oxidation sites excluding steroid dienone is 1. The molecule has 0 aromatic heterocycles. The van der Waals surface area contributed by atoms with Crippen LogP contribution in [0.3, 0.4) is 0 Å². The largest absolute Gasteiger partial charge is 0.383 e. The Balaban J connectivity index is 0.000000195. The summed E-state index contributed by atoms with van der Waals surface area (Å²) in [5.74, 6) is 8.27. The summed E-state index contributed by atoms with van der Waals surface area (Å²) in [6.45, 7) is 11.4. The first-order valence-corrected chi connectivity index (χ1v) is 20.4. The SMILES string of the molecule is CC(C)(C)C(=O)CC(=O)CC1C2CC3CC(C2)CC1C3.CN(C)/C=C(\C(=O)CC1C2CC3CC(C2)CC1C3)C(=O)C(C)(C)C.COC(OC)N(C)C. The van der Waals surface area contributed by atoms with Gasteiger partial charge in [0.2, 0.25) is 6.41 Å². The summed E-state index contributed by atoms with van der Waals surface area (Å²) in [6.07, 6.45) is 16.6. The van der Waals surface area contributed by atoms with E-state index in [1.54, 1.807) is 20.4 Å². The van der Waals surface area contributed by atoms with E-state index >= 15 is 0 Å². The van der Waals surface area contributed by atoms with E-state index in [2.05, 4.69) is 0 Å². The molecule has 8 fully saturated rings. The summed E-state index contributed by atoms with van der Waals surface area (Å²) in [7, 11) is 10.7. The van der Waals surface area contributed by atoms with Gasteiger partial charge in [-0.3, -0.25) is 24.1 Å². The van der Waals surface area contributed by atoms with Gasteiger partial charge in [0.25, 0.3) is 0 Å². The summed E-state index contributed by atoms with van der Waals surface area (Å²) >= 11 is 0. The molecule has 8 saturated carbocycles. The number of carbonyl (C=O) groups excluding carboxylic acids is 4. The Labute approximate surface area is 316 Å². The highest BCUT2D eigenvalue weighted by atomic mass is 16.7. The fourth-order valence-corrected chi connectivity index (χ4v) is 11.3. The Bertz CT molecular complexity index is 1230. The van der Waals surface area contributed by atoms with Crippen LogP contribution in [0, 0.1) is 70.0 Å². The predicted molar refractivity (Wildman–Crippen MR) is 207 cm³/mol. The van der Waals surface area contributed by atoms with Gasteiger partial charge in [-0.05, 0) is 137 Å². The molecule has 0 atom stereocenters. The lowest BCUT2D eigenvalue weighted by molar-refractivity contribution is -0.179. The van der Waals surface area contributed by atoms with Crippen LogP contribution in [0.15, 0.2) is 11.8 Å². The van der Waals surface area contributed by atoms with Crippen LogP contribution < -0.4 is 0 Å². The molecule has 8 rings (SSSR count). The fraction of sp³-hybridized carbons (Fsp3) is 0.864. The van der Waals surface area contributed by atoms with Gasteiger partial charge in [0, 0.05) is 58.2 Å². The fourth-order valence-electron chi connectivity index (χ4n) is 11.3. The Morgan fingerprint density at radius 1 is 0.615 bits per heavy atom. The van der Waals surface area contributed by atoms with Crippen molar-refractivity contribution in [2.45, 2.75) is 131 Å². The molecule has 296 valence electrons. The van der Waals surface area contributed by atoms with E-state index in [4.69, 9.17) is 9.47 Å². The topological polar surface area (TPSA) is 93.2 Å². The van der Waals surface area contributed by atoms with Crippen LogP contribution in [0.2, 0.25) is 0 Å². The minimum Gasteiger partial charge on any atom is -0.383 e. The summed E-state index contributed by atoms with van der Waals surface area (Å²) in [4.78, 5) is 53.7. The number of methoxy groups -OCH3 is 2. The van der Waals surface area contributed by atoms with Crippen molar-refractivity contribution in [1.82, 2.24) is 9.80 Å². The normalized spacial score (nSPS) is 33.0. The molecule has 0 aromatic carbocycles. The van der Waals surface area contributed by atoms with Crippen LogP contribution in [0.1, 0.15) is 125 Å². The molecular formula is C44H74N2O6. The maximum Gasteiger partial charge on any atom is 0.217 e. The second kappa shape index (κ2) is 17.7. The van der Waals surface area contributed by atoms with E-state index in [1.807, 2.05) is 79.5 Å². The third-order valence-electron chi connectivity index (χ3n) is 13.4. The number of hydrogen-bond acceptors (Lipinski definition) is 8. The molecular weight excluding hydrogens is 652 g/mol. The van der Waals surface area contributed by atoms with Crippen LogP contribution in [-0.2, 0) is 28.7 Å². The smallest absolute Gasteiger partial charge is 0.217 e. The van der Waals surface area contributed by atoms with E-state index in [9.17, 15) is 19.2 Å². The zero-order chi connectivity index (χ0) is 38.7. The van der Waals surface area contributed by atoms with Gasteiger partial charge in [0.1, 0.15) is 11.6 Å². The molecule has 52 heavy (non-hydrogen) atoms. The predicted octanol–water partition coefficient (Wildman–Crippen LogP) is 8.23. The average molecular weight is 727 g/mol. The minimum absolute atomic E-state index is 0.0231. The molecule has 8 heteroatoms. The van der Waals surface area contributed by atoms with E-state index in [0.717, 1.165) is 47.3 Å². The van der Waals surface area contributed by atoms with Crippen LogP contribution in [-0.4, -0.2) is 81.8 Å². The van der Waals surface area contributed by atoms with Crippen molar-refractivity contribution in [3.05, 3.63) is 11.8 Å². The zero-order valence-corrected chi connectivity index (χ0v) is 35.0. The Kier molecular flexibility index (Phi) is 14.6. The molecule has 0 amide bonds. The molecule has 8 aliphatic carbocycles. The van der Waals surface area contributed by atoms with Gasteiger partial charge in [-0.1, -0.05) is 41.5 Å². The number of ether oxygens (including phenoxy) is 2. The highest BCUT2D eigenvalue weighted by Crippen LogP contribution is 2.58. The van der Waals surface area contributed by atoms with Crippen LogP contribution in [0.5, 0.6) is 0 Å². The molecule has 0 radical (unpaired) electrons. The maximum absolute atomic E-state index is 13.0. The zero-order valence-electron chi connectivity index (χ0n) is 35.0. The van der Waals surface area contributed by atoms with Crippen molar-refractivity contribution < 1.29 is 28.7 Å². The van der Waals surface area contributed by atoms with Crippen molar-refractivity contribution >= 4 is 23.1 Å². The molecule has 0 aliphatic heterocycles. The number of carbonyl (C=O) groups is 4. The van der Waals surface area contributed by atoms with E-state index in [-0.39, 0.29) is 41.4 Å². The molecule has 8 nitrogen and oxygen atoms in total. The highest BCUT2D eigenvalue weighted by Gasteiger charge is 2.50. The summed E-state index contributed by atoms with van der Waals surface area (Å²) in [5.41, 5.74) is -0.484. The summed E-state index contributed by atoms with van der Waals surface area (Å²) in [6, 6.07) is 0. The second-order valence-corrected chi connectivity index (χ2v) is 20.2. The van der Waals surface area contributed by atoms with Crippen LogP contribution >= 0.6 is 0 Å². The lowest BCUT2D eigenvalue weighted by Crippen LogP contribution is -2.46. The van der Waals surface area contributed by atoms with Gasteiger partial charge in [-0.2, -0.15) is 0 Å². The Morgan fingerprint density at radius 2 is 1.00 bits per heavy atom. The molecule has 0 saturated heterocycles. The lowest BCUT2D eigenvalue weighted by Gasteiger charge is -2.54. The van der Waals surface area contributed by atoms with Gasteiger partial charge in [-0.15, -0.1) is 0 Å². The molecule has 8 aliphatic rings. The number of rotatable bonds is 12. The number of nitrogens with zero attached hydrogens (tertiary/aromatic N) is 2. The van der Waals surface area contributed by atoms with Gasteiger partial charge in [0.05, 0.1) is 12.0 Å². The van der Waals surface area contributed by atoms with Crippen LogP contribution in [0.25, 0.3) is 0 Å². The molecule has 0 spiro atoms. The first kappa shape index (κ1) is 42.8. The summed E-state index contributed by atoms with van der Waals surface area (Å²) in [5, 5.41) is 0. The quantitative estimate of drug-likeness (QED) is 0.0860. The molecule has 0 aromatic rings. The number of hydrogen-bond donors (Lipinski definition) is 0. The van der Waals surface area contributed by atoms with Crippen molar-refractivity contribution in [3.63, 3.8) is 0 Å². The van der Waals surface area contributed by atoms with Crippen LogP contribution in [0.4, 0.5) is 0 Å². The van der Waals surface area contributed by atoms with Crippen molar-refractivity contribution in [2.24, 2.45) is 70.0 Å². The highest BCUT2D eigenvalue weighted by molar-refractivity contribution is 6.21. The first-order chi connectivity index (χ1) is 24.2. The maximum atomic E-state index is 13.0. The van der Waals surface area contributed by atoms with E-state index < -0.39 is 5.41 Å². The third kappa shape index (κ3) is 11.1. The van der Waals surface area contributed by atoms with Gasteiger partial charge >= 0.3 is 0 Å². The van der Waals surface area contributed by atoms with Gasteiger partial charge in [0.15, 0.2) is 11.6 Å². The first-order valence-electron chi connectivity index (χ1n) is 20.4.